The lowest BCUT2D eigenvalue weighted by Gasteiger charge is -2.13. The van der Waals surface area contributed by atoms with Gasteiger partial charge < -0.3 is 10.1 Å². The maximum absolute atomic E-state index is 12.0. The van der Waals surface area contributed by atoms with Crippen LogP contribution in [0.2, 0.25) is 0 Å². The Bertz CT molecular complexity index is 596. The molecule has 6 heteroatoms. The summed E-state index contributed by atoms with van der Waals surface area (Å²) in [5.41, 5.74) is 0.861. The average Bonchev–Trinajstić information content (AvgIpc) is 2.76. The Kier molecular flexibility index (Phi) is 4.68. The predicted molar refractivity (Wildman–Crippen MR) is 79.2 cm³/mol. The number of aromatic nitrogens is 2. The molecule has 0 unspecified atom stereocenters. The van der Waals surface area contributed by atoms with E-state index in [0.717, 1.165) is 16.3 Å². The van der Waals surface area contributed by atoms with Crippen LogP contribution in [0.15, 0.2) is 24.3 Å². The maximum Gasteiger partial charge on any atom is 0.230 e. The fourth-order valence-electron chi connectivity index (χ4n) is 1.70. The quantitative estimate of drug-likeness (QED) is 0.920. The molecule has 1 amide bonds. The van der Waals surface area contributed by atoms with Crippen molar-refractivity contribution >= 4 is 22.4 Å². The summed E-state index contributed by atoms with van der Waals surface area (Å²) in [6, 6.07) is 7.55. The van der Waals surface area contributed by atoms with Crippen LogP contribution in [0.4, 0.5) is 5.13 Å². The van der Waals surface area contributed by atoms with Crippen LogP contribution in [-0.4, -0.2) is 22.2 Å². The summed E-state index contributed by atoms with van der Waals surface area (Å²) in [5.74, 6) is 0.618. The van der Waals surface area contributed by atoms with Crippen molar-refractivity contribution < 1.29 is 9.53 Å². The summed E-state index contributed by atoms with van der Waals surface area (Å²) in [6.45, 7) is 5.76. The summed E-state index contributed by atoms with van der Waals surface area (Å²) in [4.78, 5) is 12.0. The molecule has 0 aliphatic carbocycles. The van der Waals surface area contributed by atoms with E-state index in [1.807, 2.05) is 45.0 Å². The molecule has 2 rings (SSSR count). The van der Waals surface area contributed by atoms with Crippen molar-refractivity contribution in [3.63, 3.8) is 0 Å². The minimum atomic E-state index is -0.124. The lowest BCUT2D eigenvalue weighted by Crippen LogP contribution is -2.16. The van der Waals surface area contributed by atoms with Crippen LogP contribution in [0.3, 0.4) is 0 Å². The first-order valence-corrected chi connectivity index (χ1v) is 7.21. The van der Waals surface area contributed by atoms with Crippen molar-refractivity contribution in [2.45, 2.75) is 33.3 Å². The lowest BCUT2D eigenvalue weighted by molar-refractivity contribution is -0.115. The number of anilines is 1. The zero-order valence-electron chi connectivity index (χ0n) is 11.7. The third kappa shape index (κ3) is 4.03. The van der Waals surface area contributed by atoms with Crippen LogP contribution in [0.5, 0.6) is 5.75 Å². The Morgan fingerprint density at radius 1 is 1.35 bits per heavy atom. The third-order valence-electron chi connectivity index (χ3n) is 2.46. The Morgan fingerprint density at radius 3 is 2.75 bits per heavy atom. The fraction of sp³-hybridized carbons (Fsp3) is 0.357. The highest BCUT2D eigenvalue weighted by molar-refractivity contribution is 7.15. The van der Waals surface area contributed by atoms with E-state index in [-0.39, 0.29) is 18.4 Å². The lowest BCUT2D eigenvalue weighted by atomic mass is 10.1. The molecule has 20 heavy (non-hydrogen) atoms. The number of hydrogen-bond acceptors (Lipinski definition) is 5. The van der Waals surface area contributed by atoms with Crippen molar-refractivity contribution in [2.24, 2.45) is 0 Å². The first-order valence-electron chi connectivity index (χ1n) is 6.39. The molecule has 5 nitrogen and oxygen atoms in total. The van der Waals surface area contributed by atoms with E-state index in [0.29, 0.717) is 5.13 Å². The molecule has 2 aromatic rings. The summed E-state index contributed by atoms with van der Waals surface area (Å²) in [6.07, 6.45) is 0.326. The molecule has 1 N–H and O–H groups in total. The van der Waals surface area contributed by atoms with Crippen molar-refractivity contribution in [2.75, 3.05) is 5.32 Å². The molecule has 0 atom stereocenters. The Morgan fingerprint density at radius 2 is 2.10 bits per heavy atom. The second-order valence-electron chi connectivity index (χ2n) is 4.63. The molecule has 0 radical (unpaired) electrons. The highest BCUT2D eigenvalue weighted by Crippen LogP contribution is 2.21. The average molecular weight is 291 g/mol. The van der Waals surface area contributed by atoms with Crippen LogP contribution in [-0.2, 0) is 11.2 Å². The number of nitrogens with zero attached hydrogens (tertiary/aromatic N) is 2. The summed E-state index contributed by atoms with van der Waals surface area (Å²) >= 11 is 1.36. The minimum absolute atomic E-state index is 0.0741. The van der Waals surface area contributed by atoms with Crippen molar-refractivity contribution in [1.82, 2.24) is 10.2 Å². The van der Waals surface area contributed by atoms with E-state index >= 15 is 0 Å². The van der Waals surface area contributed by atoms with Gasteiger partial charge in [0.15, 0.2) is 0 Å². The van der Waals surface area contributed by atoms with Gasteiger partial charge in [0.1, 0.15) is 10.8 Å². The van der Waals surface area contributed by atoms with Gasteiger partial charge in [-0.3, -0.25) is 4.79 Å². The summed E-state index contributed by atoms with van der Waals surface area (Å²) in [7, 11) is 0. The standard InChI is InChI=1S/C14H17N3O2S/c1-9(2)19-12-7-5-4-6-11(12)8-13(18)15-14-17-16-10(3)20-14/h4-7,9H,8H2,1-3H3,(H,15,17,18). The number of carbonyl (C=O) groups is 1. The van der Waals surface area contributed by atoms with Crippen LogP contribution in [0.25, 0.3) is 0 Å². The third-order valence-corrected chi connectivity index (χ3v) is 3.21. The molecule has 0 saturated carbocycles. The monoisotopic (exact) mass is 291 g/mol. The van der Waals surface area contributed by atoms with Gasteiger partial charge in [0.2, 0.25) is 11.0 Å². The molecule has 0 fully saturated rings. The number of benzene rings is 1. The molecule has 0 bridgehead atoms. The van der Waals surface area contributed by atoms with E-state index in [1.54, 1.807) is 0 Å². The highest BCUT2D eigenvalue weighted by Gasteiger charge is 2.11. The smallest absolute Gasteiger partial charge is 0.230 e. The number of para-hydroxylation sites is 1. The molecule has 0 aliphatic rings. The number of rotatable bonds is 5. The molecule has 0 aliphatic heterocycles. The Balaban J connectivity index is 2.04. The summed E-state index contributed by atoms with van der Waals surface area (Å²) < 4.78 is 5.70. The van der Waals surface area contributed by atoms with Gasteiger partial charge in [0, 0.05) is 5.56 Å². The van der Waals surface area contributed by atoms with Crippen LogP contribution in [0, 0.1) is 6.92 Å². The molecule has 0 saturated heterocycles. The minimum Gasteiger partial charge on any atom is -0.491 e. The maximum atomic E-state index is 12.0. The zero-order chi connectivity index (χ0) is 14.5. The van der Waals surface area contributed by atoms with Gasteiger partial charge in [0.05, 0.1) is 12.5 Å². The van der Waals surface area contributed by atoms with E-state index in [9.17, 15) is 4.79 Å². The number of carbonyl (C=O) groups excluding carboxylic acids is 1. The molecule has 0 spiro atoms. The number of nitrogens with one attached hydrogen (secondary N) is 1. The normalized spacial score (nSPS) is 10.6. The van der Waals surface area contributed by atoms with Gasteiger partial charge in [-0.1, -0.05) is 29.5 Å². The van der Waals surface area contributed by atoms with Gasteiger partial charge in [0.25, 0.3) is 0 Å². The van der Waals surface area contributed by atoms with Gasteiger partial charge >= 0.3 is 0 Å². The van der Waals surface area contributed by atoms with E-state index < -0.39 is 0 Å². The van der Waals surface area contributed by atoms with E-state index in [2.05, 4.69) is 15.5 Å². The molecule has 1 aromatic heterocycles. The van der Waals surface area contributed by atoms with Crippen LogP contribution < -0.4 is 10.1 Å². The second kappa shape index (κ2) is 6.47. The topological polar surface area (TPSA) is 64.1 Å². The van der Waals surface area contributed by atoms with Gasteiger partial charge in [-0.25, -0.2) is 0 Å². The largest absolute Gasteiger partial charge is 0.491 e. The highest BCUT2D eigenvalue weighted by atomic mass is 32.1. The number of ether oxygens (including phenoxy) is 1. The van der Waals surface area contributed by atoms with Crippen LogP contribution in [0.1, 0.15) is 24.4 Å². The molecule has 1 aromatic carbocycles. The van der Waals surface area contributed by atoms with Crippen molar-refractivity contribution in [3.8, 4) is 5.75 Å². The van der Waals surface area contributed by atoms with Gasteiger partial charge in [-0.15, -0.1) is 10.2 Å². The molecular weight excluding hydrogens is 274 g/mol. The van der Waals surface area contributed by atoms with Crippen LogP contribution >= 0.6 is 11.3 Å². The number of hydrogen-bond donors (Lipinski definition) is 1. The fourth-order valence-corrected chi connectivity index (χ4v) is 2.31. The first kappa shape index (κ1) is 14.5. The molecular formula is C14H17N3O2S. The molecule has 1 heterocycles. The zero-order valence-corrected chi connectivity index (χ0v) is 12.5. The first-order chi connectivity index (χ1) is 9.54. The Hall–Kier alpha value is -1.95. The SMILES string of the molecule is Cc1nnc(NC(=O)Cc2ccccc2OC(C)C)s1. The Labute approximate surface area is 122 Å². The summed E-state index contributed by atoms with van der Waals surface area (Å²) in [5, 5.41) is 11.8. The van der Waals surface area contributed by atoms with E-state index in [4.69, 9.17) is 4.74 Å². The van der Waals surface area contributed by atoms with Gasteiger partial charge in [-0.05, 0) is 26.8 Å². The van der Waals surface area contributed by atoms with Crippen molar-refractivity contribution in [3.05, 3.63) is 34.8 Å². The number of aryl methyl sites for hydroxylation is 1. The predicted octanol–water partition coefficient (Wildman–Crippen LogP) is 2.81. The van der Waals surface area contributed by atoms with Crippen molar-refractivity contribution in [1.29, 1.82) is 0 Å². The van der Waals surface area contributed by atoms with E-state index in [1.165, 1.54) is 11.3 Å². The number of amides is 1. The molecule has 106 valence electrons. The second-order valence-corrected chi connectivity index (χ2v) is 5.81. The van der Waals surface area contributed by atoms with Gasteiger partial charge in [-0.2, -0.15) is 0 Å².